The molecule has 0 radical (unpaired) electrons. The van der Waals surface area contributed by atoms with Gasteiger partial charge >= 0.3 is 5.97 Å². The summed E-state index contributed by atoms with van der Waals surface area (Å²) in [6.45, 7) is 6.30. The molecular formula is C24H30ClNO3. The molecule has 1 fully saturated rings. The maximum Gasteiger partial charge on any atom is 0.306 e. The number of hydrogen-bond donors (Lipinski definition) is 0. The molecular weight excluding hydrogens is 386 g/mol. The number of halogens is 1. The van der Waals surface area contributed by atoms with Gasteiger partial charge in [0.1, 0.15) is 5.60 Å². The Morgan fingerprint density at radius 2 is 1.69 bits per heavy atom. The number of Topliss-reactive ketones (excluding diaryl/α,β-unsaturated/α-hetero) is 1. The fraction of sp³-hybridized carbons (Fsp3) is 0.417. The lowest BCUT2D eigenvalue weighted by molar-refractivity contribution is -0.175. The summed E-state index contributed by atoms with van der Waals surface area (Å²) in [7, 11) is 0. The smallest absolute Gasteiger partial charge is 0.306 e. The topological polar surface area (TPSA) is 46.6 Å². The monoisotopic (exact) mass is 415 g/mol. The van der Waals surface area contributed by atoms with Gasteiger partial charge in [-0.05, 0) is 5.56 Å². The lowest BCUT2D eigenvalue weighted by Crippen LogP contribution is -2.51. The Morgan fingerprint density at radius 1 is 1.07 bits per heavy atom. The second-order valence-electron chi connectivity index (χ2n) is 7.57. The first-order valence-electron chi connectivity index (χ1n) is 10.1. The zero-order valence-corrected chi connectivity index (χ0v) is 18.0. The Bertz CT molecular complexity index is 796. The average molecular weight is 416 g/mol. The Balaban J connectivity index is 0.00000300. The zero-order valence-electron chi connectivity index (χ0n) is 17.2. The number of carbonyl (C=O) groups excluding carboxylic acids is 2. The normalized spacial score (nSPS) is 21.8. The molecule has 0 bridgehead atoms. The third-order valence-electron chi connectivity index (χ3n) is 5.73. The molecule has 4 nitrogen and oxygen atoms in total. The van der Waals surface area contributed by atoms with Crippen LogP contribution >= 0.6 is 12.4 Å². The Hall–Kier alpha value is -2.17. The lowest BCUT2D eigenvalue weighted by atomic mass is 9.76. The Kier molecular flexibility index (Phi) is 8.42. The molecule has 2 atom stereocenters. The number of nitrogens with zero attached hydrogens (tertiary/aromatic N) is 1. The fourth-order valence-corrected chi connectivity index (χ4v) is 4.06. The molecule has 156 valence electrons. The molecule has 0 spiro atoms. The summed E-state index contributed by atoms with van der Waals surface area (Å²) in [5.41, 5.74) is 1.24. The fourth-order valence-electron chi connectivity index (χ4n) is 4.06. The summed E-state index contributed by atoms with van der Waals surface area (Å²) >= 11 is 0. The second-order valence-corrected chi connectivity index (χ2v) is 7.57. The van der Waals surface area contributed by atoms with E-state index >= 15 is 0 Å². The number of carbonyl (C=O) groups is 2. The van der Waals surface area contributed by atoms with Crippen LogP contribution in [0.2, 0.25) is 0 Å². The number of ketones is 1. The maximum atomic E-state index is 12.4. The minimum atomic E-state index is -0.589. The van der Waals surface area contributed by atoms with Crippen LogP contribution < -0.4 is 0 Å². The summed E-state index contributed by atoms with van der Waals surface area (Å²) in [5.74, 6) is 0.153. The van der Waals surface area contributed by atoms with Gasteiger partial charge in [-0.3, -0.25) is 9.59 Å². The molecule has 3 rings (SSSR count). The largest absolute Gasteiger partial charge is 0.454 e. The van der Waals surface area contributed by atoms with Crippen LogP contribution in [0.25, 0.3) is 0 Å². The van der Waals surface area contributed by atoms with Crippen molar-refractivity contribution < 1.29 is 14.3 Å². The summed E-state index contributed by atoms with van der Waals surface area (Å²) in [4.78, 5) is 26.9. The highest BCUT2D eigenvalue weighted by Gasteiger charge is 2.45. The van der Waals surface area contributed by atoms with E-state index in [0.29, 0.717) is 12.8 Å². The first-order chi connectivity index (χ1) is 13.5. The number of ether oxygens (including phenoxy) is 1. The molecule has 1 heterocycles. The van der Waals surface area contributed by atoms with Gasteiger partial charge in [0.05, 0.1) is 0 Å². The average Bonchev–Trinajstić information content (AvgIpc) is 2.75. The van der Waals surface area contributed by atoms with Crippen molar-refractivity contribution in [1.82, 2.24) is 4.90 Å². The molecule has 29 heavy (non-hydrogen) atoms. The zero-order chi connectivity index (χ0) is 20.0. The van der Waals surface area contributed by atoms with E-state index in [1.165, 1.54) is 0 Å². The number of hydrogen-bond acceptors (Lipinski definition) is 4. The van der Waals surface area contributed by atoms with Crippen LogP contribution in [-0.4, -0.2) is 36.3 Å². The predicted molar refractivity (Wildman–Crippen MR) is 117 cm³/mol. The van der Waals surface area contributed by atoms with E-state index in [9.17, 15) is 9.59 Å². The van der Waals surface area contributed by atoms with Gasteiger partial charge in [0, 0.05) is 50.4 Å². The van der Waals surface area contributed by atoms with Crippen LogP contribution in [0.15, 0.2) is 60.7 Å². The van der Waals surface area contributed by atoms with E-state index in [2.05, 4.69) is 11.8 Å². The van der Waals surface area contributed by atoms with E-state index in [1.54, 1.807) is 0 Å². The molecule has 2 aromatic carbocycles. The van der Waals surface area contributed by atoms with E-state index in [-0.39, 0.29) is 30.1 Å². The molecule has 2 unspecified atom stereocenters. The van der Waals surface area contributed by atoms with Crippen molar-refractivity contribution in [2.45, 2.75) is 38.7 Å². The number of piperidine rings is 1. The van der Waals surface area contributed by atoms with Crippen molar-refractivity contribution in [1.29, 1.82) is 0 Å². The van der Waals surface area contributed by atoms with Crippen molar-refractivity contribution in [2.24, 2.45) is 5.92 Å². The Labute approximate surface area is 179 Å². The summed E-state index contributed by atoms with van der Waals surface area (Å²) in [6.07, 6.45) is 1.61. The van der Waals surface area contributed by atoms with E-state index in [1.807, 2.05) is 67.6 Å². The maximum absolute atomic E-state index is 12.4. The van der Waals surface area contributed by atoms with Crippen LogP contribution in [0.3, 0.4) is 0 Å². The SMILES string of the molecule is CCC(=O)OC1(c2ccccc2)CCN(CCC(=O)c2ccccc2)CC1C.Cl. The van der Waals surface area contributed by atoms with Crippen LogP contribution in [0, 0.1) is 5.92 Å². The third-order valence-corrected chi connectivity index (χ3v) is 5.73. The minimum absolute atomic E-state index is 0. The predicted octanol–water partition coefficient (Wildman–Crippen LogP) is 4.87. The van der Waals surface area contributed by atoms with Gasteiger partial charge in [-0.15, -0.1) is 12.4 Å². The van der Waals surface area contributed by atoms with E-state index in [4.69, 9.17) is 4.74 Å². The van der Waals surface area contributed by atoms with Crippen LogP contribution in [-0.2, 0) is 15.1 Å². The molecule has 1 saturated heterocycles. The molecule has 1 aliphatic heterocycles. The van der Waals surface area contributed by atoms with Crippen LogP contribution in [0.4, 0.5) is 0 Å². The van der Waals surface area contributed by atoms with Gasteiger partial charge in [0.15, 0.2) is 5.78 Å². The number of likely N-dealkylation sites (tertiary alicyclic amines) is 1. The van der Waals surface area contributed by atoms with E-state index < -0.39 is 5.60 Å². The van der Waals surface area contributed by atoms with Gasteiger partial charge in [-0.2, -0.15) is 0 Å². The molecule has 0 aliphatic carbocycles. The molecule has 0 aromatic heterocycles. The van der Waals surface area contributed by atoms with Gasteiger partial charge in [-0.25, -0.2) is 0 Å². The first-order valence-corrected chi connectivity index (χ1v) is 10.1. The first kappa shape index (κ1) is 23.1. The van der Waals surface area contributed by atoms with Crippen LogP contribution in [0.5, 0.6) is 0 Å². The molecule has 2 aromatic rings. The molecule has 5 heteroatoms. The molecule has 0 N–H and O–H groups in total. The van der Waals surface area contributed by atoms with Crippen molar-refractivity contribution in [3.05, 3.63) is 71.8 Å². The van der Waals surface area contributed by atoms with Crippen molar-refractivity contribution in [3.63, 3.8) is 0 Å². The second kappa shape index (κ2) is 10.6. The lowest BCUT2D eigenvalue weighted by Gasteiger charge is -2.46. The number of rotatable bonds is 7. The summed E-state index contributed by atoms with van der Waals surface area (Å²) < 4.78 is 6.04. The highest BCUT2D eigenvalue weighted by molar-refractivity contribution is 5.96. The highest BCUT2D eigenvalue weighted by atomic mass is 35.5. The van der Waals surface area contributed by atoms with Gasteiger partial charge in [0.2, 0.25) is 0 Å². The molecule has 0 amide bonds. The van der Waals surface area contributed by atoms with E-state index in [0.717, 1.165) is 37.2 Å². The number of benzene rings is 2. The molecule has 1 aliphatic rings. The third kappa shape index (κ3) is 5.46. The van der Waals surface area contributed by atoms with Crippen molar-refractivity contribution in [3.8, 4) is 0 Å². The minimum Gasteiger partial charge on any atom is -0.454 e. The van der Waals surface area contributed by atoms with Gasteiger partial charge in [0.25, 0.3) is 0 Å². The van der Waals surface area contributed by atoms with Crippen molar-refractivity contribution in [2.75, 3.05) is 19.6 Å². The molecule has 0 saturated carbocycles. The standard InChI is InChI=1S/C24H29NO3.ClH/c1-3-23(27)28-24(21-12-8-5-9-13-21)15-17-25(18-19(24)2)16-14-22(26)20-10-6-4-7-11-20;/h4-13,19H,3,14-18H2,1-2H3;1H. The van der Waals surface area contributed by atoms with Crippen molar-refractivity contribution >= 4 is 24.2 Å². The van der Waals surface area contributed by atoms with Gasteiger partial charge < -0.3 is 9.64 Å². The highest BCUT2D eigenvalue weighted by Crippen LogP contribution is 2.41. The summed E-state index contributed by atoms with van der Waals surface area (Å²) in [5, 5.41) is 0. The quantitative estimate of drug-likeness (QED) is 0.478. The summed E-state index contributed by atoms with van der Waals surface area (Å²) in [6, 6.07) is 19.5. The Morgan fingerprint density at radius 3 is 2.28 bits per heavy atom. The van der Waals surface area contributed by atoms with Crippen LogP contribution in [0.1, 0.15) is 49.0 Å². The number of esters is 1. The van der Waals surface area contributed by atoms with Gasteiger partial charge in [-0.1, -0.05) is 74.5 Å².